The molecule has 0 aromatic heterocycles. The van der Waals surface area contributed by atoms with Gasteiger partial charge < -0.3 is 5.32 Å². The molecule has 0 spiro atoms. The third-order valence-corrected chi connectivity index (χ3v) is 2.14. The molecular formula is C7H13N. The van der Waals surface area contributed by atoms with E-state index in [4.69, 9.17) is 0 Å². The van der Waals surface area contributed by atoms with Gasteiger partial charge in [-0.05, 0) is 25.2 Å². The standard InChI is InChI=1S/C7H13N/c1-5-4-7(5)8-6-2-3-6/h5-8H,2-4H2,1H3. The quantitative estimate of drug-likeness (QED) is 0.563. The van der Waals surface area contributed by atoms with Gasteiger partial charge in [-0.3, -0.25) is 0 Å². The Kier molecular flexibility index (Phi) is 0.884. The molecule has 0 saturated heterocycles. The van der Waals surface area contributed by atoms with Gasteiger partial charge in [0.1, 0.15) is 0 Å². The first kappa shape index (κ1) is 4.80. The summed E-state index contributed by atoms with van der Waals surface area (Å²) in [5, 5.41) is 3.58. The van der Waals surface area contributed by atoms with E-state index in [1.807, 2.05) is 0 Å². The predicted molar refractivity (Wildman–Crippen MR) is 33.7 cm³/mol. The molecule has 2 fully saturated rings. The lowest BCUT2D eigenvalue weighted by Gasteiger charge is -1.95. The summed E-state index contributed by atoms with van der Waals surface area (Å²) in [6, 6.07) is 1.83. The molecule has 8 heavy (non-hydrogen) atoms. The van der Waals surface area contributed by atoms with E-state index in [0.717, 1.165) is 18.0 Å². The van der Waals surface area contributed by atoms with Gasteiger partial charge in [-0.1, -0.05) is 6.92 Å². The highest BCUT2D eigenvalue weighted by atomic mass is 15.0. The van der Waals surface area contributed by atoms with E-state index in [0.29, 0.717) is 0 Å². The molecule has 0 aromatic carbocycles. The van der Waals surface area contributed by atoms with E-state index in [1.165, 1.54) is 19.3 Å². The summed E-state index contributed by atoms with van der Waals surface area (Å²) in [5.74, 6) is 0.982. The lowest BCUT2D eigenvalue weighted by atomic mass is 10.5. The van der Waals surface area contributed by atoms with Crippen LogP contribution in [0.4, 0.5) is 0 Å². The second-order valence-corrected chi connectivity index (χ2v) is 3.26. The maximum Gasteiger partial charge on any atom is 0.00989 e. The van der Waals surface area contributed by atoms with Gasteiger partial charge in [0, 0.05) is 12.1 Å². The SMILES string of the molecule is CC1CC1NC1CC1. The normalized spacial score (nSPS) is 44.6. The van der Waals surface area contributed by atoms with E-state index >= 15 is 0 Å². The first-order valence-electron chi connectivity index (χ1n) is 3.62. The Hall–Kier alpha value is -0.0400. The third-order valence-electron chi connectivity index (χ3n) is 2.14. The van der Waals surface area contributed by atoms with Crippen LogP contribution >= 0.6 is 0 Å². The van der Waals surface area contributed by atoms with Crippen LogP contribution in [0.5, 0.6) is 0 Å². The molecule has 0 radical (unpaired) electrons. The van der Waals surface area contributed by atoms with Crippen molar-refractivity contribution in [3.8, 4) is 0 Å². The molecule has 1 heteroatoms. The van der Waals surface area contributed by atoms with Crippen LogP contribution in [-0.4, -0.2) is 12.1 Å². The predicted octanol–water partition coefficient (Wildman–Crippen LogP) is 1.15. The van der Waals surface area contributed by atoms with Gasteiger partial charge in [-0.15, -0.1) is 0 Å². The maximum absolute atomic E-state index is 3.58. The largest absolute Gasteiger partial charge is 0.311 e. The second kappa shape index (κ2) is 1.47. The molecule has 0 bridgehead atoms. The summed E-state index contributed by atoms with van der Waals surface area (Å²) in [6.45, 7) is 2.32. The Morgan fingerprint density at radius 1 is 1.38 bits per heavy atom. The number of rotatable bonds is 2. The number of nitrogens with one attached hydrogen (secondary N) is 1. The number of hydrogen-bond acceptors (Lipinski definition) is 1. The van der Waals surface area contributed by atoms with Crippen molar-refractivity contribution in [2.24, 2.45) is 5.92 Å². The molecule has 0 amide bonds. The fourth-order valence-corrected chi connectivity index (χ4v) is 1.11. The zero-order chi connectivity index (χ0) is 5.56. The van der Waals surface area contributed by atoms with Crippen molar-refractivity contribution in [1.82, 2.24) is 5.32 Å². The van der Waals surface area contributed by atoms with Crippen molar-refractivity contribution in [1.29, 1.82) is 0 Å². The van der Waals surface area contributed by atoms with Crippen LogP contribution < -0.4 is 5.32 Å². The molecular weight excluding hydrogens is 98.1 g/mol. The Bertz CT molecular complexity index is 96.6. The Morgan fingerprint density at radius 3 is 2.38 bits per heavy atom. The monoisotopic (exact) mass is 111 g/mol. The second-order valence-electron chi connectivity index (χ2n) is 3.26. The molecule has 2 saturated carbocycles. The van der Waals surface area contributed by atoms with Crippen molar-refractivity contribution < 1.29 is 0 Å². The van der Waals surface area contributed by atoms with Gasteiger partial charge in [-0.25, -0.2) is 0 Å². The molecule has 1 N–H and O–H groups in total. The fraction of sp³-hybridized carbons (Fsp3) is 1.00. The lowest BCUT2D eigenvalue weighted by Crippen LogP contribution is -2.19. The molecule has 2 aliphatic carbocycles. The molecule has 46 valence electrons. The van der Waals surface area contributed by atoms with Gasteiger partial charge in [0.15, 0.2) is 0 Å². The Morgan fingerprint density at radius 2 is 2.00 bits per heavy atom. The van der Waals surface area contributed by atoms with Crippen LogP contribution in [0.15, 0.2) is 0 Å². The molecule has 0 heterocycles. The van der Waals surface area contributed by atoms with Crippen molar-refractivity contribution >= 4 is 0 Å². The average Bonchev–Trinajstić information content (AvgIpc) is 2.52. The molecule has 2 atom stereocenters. The van der Waals surface area contributed by atoms with Crippen molar-refractivity contribution in [3.63, 3.8) is 0 Å². The van der Waals surface area contributed by atoms with E-state index in [-0.39, 0.29) is 0 Å². The van der Waals surface area contributed by atoms with Crippen molar-refractivity contribution in [3.05, 3.63) is 0 Å². The highest BCUT2D eigenvalue weighted by Crippen LogP contribution is 2.33. The van der Waals surface area contributed by atoms with E-state index < -0.39 is 0 Å². The van der Waals surface area contributed by atoms with Gasteiger partial charge in [0.2, 0.25) is 0 Å². The topological polar surface area (TPSA) is 12.0 Å². The summed E-state index contributed by atoms with van der Waals surface area (Å²) in [4.78, 5) is 0. The average molecular weight is 111 g/mol. The summed E-state index contributed by atoms with van der Waals surface area (Å²) in [5.41, 5.74) is 0. The summed E-state index contributed by atoms with van der Waals surface area (Å²) in [7, 11) is 0. The minimum Gasteiger partial charge on any atom is -0.311 e. The summed E-state index contributed by atoms with van der Waals surface area (Å²) in [6.07, 6.45) is 4.29. The molecule has 0 aromatic rings. The molecule has 2 rings (SSSR count). The van der Waals surface area contributed by atoms with Gasteiger partial charge in [0.05, 0.1) is 0 Å². The van der Waals surface area contributed by atoms with Gasteiger partial charge in [-0.2, -0.15) is 0 Å². The van der Waals surface area contributed by atoms with Crippen molar-refractivity contribution in [2.45, 2.75) is 38.3 Å². The summed E-state index contributed by atoms with van der Waals surface area (Å²) >= 11 is 0. The highest BCUT2D eigenvalue weighted by molar-refractivity contribution is 4.95. The minimum absolute atomic E-state index is 0.905. The Labute approximate surface area is 50.5 Å². The van der Waals surface area contributed by atoms with Gasteiger partial charge >= 0.3 is 0 Å². The molecule has 1 nitrogen and oxygen atoms in total. The highest BCUT2D eigenvalue weighted by Gasteiger charge is 2.36. The van der Waals surface area contributed by atoms with Crippen LogP contribution in [0.25, 0.3) is 0 Å². The smallest absolute Gasteiger partial charge is 0.00989 e. The maximum atomic E-state index is 3.58. The molecule has 0 aliphatic heterocycles. The van der Waals surface area contributed by atoms with Crippen LogP contribution in [0.1, 0.15) is 26.2 Å². The zero-order valence-corrected chi connectivity index (χ0v) is 5.35. The van der Waals surface area contributed by atoms with Crippen LogP contribution in [-0.2, 0) is 0 Å². The van der Waals surface area contributed by atoms with Crippen LogP contribution in [0, 0.1) is 5.92 Å². The number of hydrogen-bond donors (Lipinski definition) is 1. The summed E-state index contributed by atoms with van der Waals surface area (Å²) < 4.78 is 0. The van der Waals surface area contributed by atoms with Crippen LogP contribution in [0.3, 0.4) is 0 Å². The van der Waals surface area contributed by atoms with Gasteiger partial charge in [0.25, 0.3) is 0 Å². The first-order valence-corrected chi connectivity index (χ1v) is 3.62. The van der Waals surface area contributed by atoms with Crippen LogP contribution in [0.2, 0.25) is 0 Å². The van der Waals surface area contributed by atoms with E-state index in [1.54, 1.807) is 0 Å². The van der Waals surface area contributed by atoms with E-state index in [9.17, 15) is 0 Å². The molecule has 2 aliphatic rings. The Balaban J connectivity index is 1.69. The van der Waals surface area contributed by atoms with Crippen molar-refractivity contribution in [2.75, 3.05) is 0 Å². The minimum atomic E-state index is 0.905. The fourth-order valence-electron chi connectivity index (χ4n) is 1.11. The molecule has 2 unspecified atom stereocenters. The zero-order valence-electron chi connectivity index (χ0n) is 5.35. The lowest BCUT2D eigenvalue weighted by molar-refractivity contribution is 0.648. The van der Waals surface area contributed by atoms with E-state index in [2.05, 4.69) is 12.2 Å². The first-order chi connectivity index (χ1) is 3.86. The third kappa shape index (κ3) is 0.873.